The number of nitrogens with one attached hydrogen (secondary N) is 1. The number of aromatic nitrogens is 2. The van der Waals surface area contributed by atoms with Crippen molar-refractivity contribution in [3.8, 4) is 23.7 Å². The van der Waals surface area contributed by atoms with E-state index in [1.165, 1.54) is 0 Å². The summed E-state index contributed by atoms with van der Waals surface area (Å²) < 4.78 is 0. The minimum absolute atomic E-state index is 0.409. The molecule has 1 aromatic carbocycles. The maximum Gasteiger partial charge on any atom is 0.163 e. The molecule has 18 heavy (non-hydrogen) atoms. The molecule has 0 amide bonds. The number of rotatable bonds is 4. The van der Waals surface area contributed by atoms with Crippen LogP contribution in [0.4, 0.5) is 5.82 Å². The van der Waals surface area contributed by atoms with Crippen LogP contribution in [-0.2, 0) is 0 Å². The van der Waals surface area contributed by atoms with Crippen LogP contribution in [0, 0.1) is 12.3 Å². The molecule has 0 aliphatic rings. The van der Waals surface area contributed by atoms with Gasteiger partial charge in [-0.2, -0.15) is 0 Å². The SMILES string of the molecule is C#CCCNc1cc(Cl)nc(-c2ccccc2)n1. The summed E-state index contributed by atoms with van der Waals surface area (Å²) >= 11 is 5.98. The normalized spacial score (nSPS) is 9.78. The van der Waals surface area contributed by atoms with Crippen LogP contribution in [0.25, 0.3) is 11.4 Å². The third-order valence-corrected chi connectivity index (χ3v) is 2.50. The van der Waals surface area contributed by atoms with Crippen molar-refractivity contribution in [1.82, 2.24) is 9.97 Å². The molecule has 1 heterocycles. The first-order valence-corrected chi connectivity index (χ1v) is 5.95. The van der Waals surface area contributed by atoms with E-state index in [0.29, 0.717) is 29.8 Å². The van der Waals surface area contributed by atoms with Gasteiger partial charge in [0.25, 0.3) is 0 Å². The van der Waals surface area contributed by atoms with Crippen LogP contribution in [0.15, 0.2) is 36.4 Å². The highest BCUT2D eigenvalue weighted by Crippen LogP contribution is 2.19. The Morgan fingerprint density at radius 3 is 2.72 bits per heavy atom. The van der Waals surface area contributed by atoms with Gasteiger partial charge in [0.2, 0.25) is 0 Å². The monoisotopic (exact) mass is 257 g/mol. The molecular formula is C14H12ClN3. The summed E-state index contributed by atoms with van der Waals surface area (Å²) in [6.45, 7) is 0.665. The maximum absolute atomic E-state index is 5.98. The minimum Gasteiger partial charge on any atom is -0.369 e. The fraction of sp³-hybridized carbons (Fsp3) is 0.143. The van der Waals surface area contributed by atoms with E-state index in [1.807, 2.05) is 30.3 Å². The van der Waals surface area contributed by atoms with Crippen LogP contribution in [0.1, 0.15) is 6.42 Å². The van der Waals surface area contributed by atoms with Crippen LogP contribution in [0.3, 0.4) is 0 Å². The molecular weight excluding hydrogens is 246 g/mol. The number of anilines is 1. The van der Waals surface area contributed by atoms with Crippen LogP contribution >= 0.6 is 11.6 Å². The summed E-state index contributed by atoms with van der Waals surface area (Å²) in [4.78, 5) is 8.61. The van der Waals surface area contributed by atoms with E-state index in [4.69, 9.17) is 18.0 Å². The minimum atomic E-state index is 0.409. The molecule has 0 radical (unpaired) electrons. The number of nitrogens with zero attached hydrogens (tertiary/aromatic N) is 2. The number of terminal acetylenes is 1. The summed E-state index contributed by atoms with van der Waals surface area (Å²) in [5.74, 6) is 3.85. The van der Waals surface area contributed by atoms with E-state index in [9.17, 15) is 0 Å². The van der Waals surface area contributed by atoms with Gasteiger partial charge in [0.1, 0.15) is 11.0 Å². The Kier molecular flexibility index (Phi) is 4.16. The Balaban J connectivity index is 2.25. The number of halogens is 1. The van der Waals surface area contributed by atoms with Crippen molar-refractivity contribution in [2.24, 2.45) is 0 Å². The first-order chi connectivity index (χ1) is 8.79. The van der Waals surface area contributed by atoms with E-state index in [-0.39, 0.29) is 0 Å². The predicted molar refractivity (Wildman–Crippen MR) is 74.4 cm³/mol. The van der Waals surface area contributed by atoms with Gasteiger partial charge in [-0.3, -0.25) is 0 Å². The number of benzene rings is 1. The van der Waals surface area contributed by atoms with Gasteiger partial charge in [0, 0.05) is 24.6 Å². The first-order valence-electron chi connectivity index (χ1n) is 5.57. The highest BCUT2D eigenvalue weighted by molar-refractivity contribution is 6.29. The average Bonchev–Trinajstić information content (AvgIpc) is 2.39. The van der Waals surface area contributed by atoms with Crippen molar-refractivity contribution < 1.29 is 0 Å². The molecule has 0 bridgehead atoms. The highest BCUT2D eigenvalue weighted by atomic mass is 35.5. The van der Waals surface area contributed by atoms with E-state index in [0.717, 1.165) is 5.56 Å². The van der Waals surface area contributed by atoms with Crippen LogP contribution in [0.5, 0.6) is 0 Å². The van der Waals surface area contributed by atoms with Crippen molar-refractivity contribution in [2.75, 3.05) is 11.9 Å². The lowest BCUT2D eigenvalue weighted by Crippen LogP contribution is -2.04. The average molecular weight is 258 g/mol. The number of hydrogen-bond donors (Lipinski definition) is 1. The van der Waals surface area contributed by atoms with Gasteiger partial charge in [-0.15, -0.1) is 12.3 Å². The molecule has 3 nitrogen and oxygen atoms in total. The highest BCUT2D eigenvalue weighted by Gasteiger charge is 2.04. The van der Waals surface area contributed by atoms with E-state index >= 15 is 0 Å². The molecule has 0 saturated heterocycles. The fourth-order valence-corrected chi connectivity index (χ4v) is 1.67. The van der Waals surface area contributed by atoms with E-state index < -0.39 is 0 Å². The topological polar surface area (TPSA) is 37.8 Å². The molecule has 0 aliphatic heterocycles. The standard InChI is InChI=1S/C14H12ClN3/c1-2-3-9-16-13-10-12(15)17-14(18-13)11-7-5-4-6-8-11/h1,4-8,10H,3,9H2,(H,16,17,18). The quantitative estimate of drug-likeness (QED) is 0.519. The lowest BCUT2D eigenvalue weighted by atomic mass is 10.2. The second kappa shape index (κ2) is 6.04. The Morgan fingerprint density at radius 2 is 2.00 bits per heavy atom. The van der Waals surface area contributed by atoms with Gasteiger partial charge < -0.3 is 5.32 Å². The largest absolute Gasteiger partial charge is 0.369 e. The molecule has 0 fully saturated rings. The van der Waals surface area contributed by atoms with E-state index in [1.54, 1.807) is 6.07 Å². The van der Waals surface area contributed by atoms with Crippen LogP contribution in [-0.4, -0.2) is 16.5 Å². The summed E-state index contributed by atoms with van der Waals surface area (Å²) in [5, 5.41) is 3.53. The zero-order valence-electron chi connectivity index (χ0n) is 9.73. The summed E-state index contributed by atoms with van der Waals surface area (Å²) in [6, 6.07) is 11.4. The van der Waals surface area contributed by atoms with Crippen LogP contribution in [0.2, 0.25) is 5.15 Å². The van der Waals surface area contributed by atoms with Gasteiger partial charge in [0.15, 0.2) is 5.82 Å². The summed E-state index contributed by atoms with van der Waals surface area (Å²) in [6.07, 6.45) is 5.84. The second-order valence-electron chi connectivity index (χ2n) is 3.65. The molecule has 1 N–H and O–H groups in total. The molecule has 1 aromatic heterocycles. The van der Waals surface area contributed by atoms with Gasteiger partial charge in [-0.1, -0.05) is 41.9 Å². The first kappa shape index (κ1) is 12.4. The smallest absolute Gasteiger partial charge is 0.163 e. The number of hydrogen-bond acceptors (Lipinski definition) is 3. The predicted octanol–water partition coefficient (Wildman–Crippen LogP) is 3.23. The van der Waals surface area contributed by atoms with Crippen molar-refractivity contribution >= 4 is 17.4 Å². The van der Waals surface area contributed by atoms with Gasteiger partial charge in [-0.25, -0.2) is 9.97 Å². The molecule has 0 saturated carbocycles. The Morgan fingerprint density at radius 1 is 1.22 bits per heavy atom. The van der Waals surface area contributed by atoms with Crippen molar-refractivity contribution in [1.29, 1.82) is 0 Å². The van der Waals surface area contributed by atoms with Gasteiger partial charge in [0.05, 0.1) is 0 Å². The van der Waals surface area contributed by atoms with Crippen molar-refractivity contribution in [3.05, 3.63) is 41.6 Å². The molecule has 0 unspecified atom stereocenters. The van der Waals surface area contributed by atoms with E-state index in [2.05, 4.69) is 21.2 Å². The Bertz CT molecular complexity index is 561. The molecule has 90 valence electrons. The van der Waals surface area contributed by atoms with Gasteiger partial charge in [-0.05, 0) is 0 Å². The third kappa shape index (κ3) is 3.22. The lowest BCUT2D eigenvalue weighted by Gasteiger charge is -2.06. The second-order valence-corrected chi connectivity index (χ2v) is 4.03. The summed E-state index contributed by atoms with van der Waals surface area (Å²) in [7, 11) is 0. The molecule has 0 spiro atoms. The maximum atomic E-state index is 5.98. The fourth-order valence-electron chi connectivity index (χ4n) is 1.49. The summed E-state index contributed by atoms with van der Waals surface area (Å²) in [5.41, 5.74) is 0.931. The third-order valence-electron chi connectivity index (χ3n) is 2.30. The van der Waals surface area contributed by atoms with Crippen LogP contribution < -0.4 is 5.32 Å². The molecule has 4 heteroatoms. The van der Waals surface area contributed by atoms with Gasteiger partial charge >= 0.3 is 0 Å². The lowest BCUT2D eigenvalue weighted by molar-refractivity contribution is 1.06. The van der Waals surface area contributed by atoms with Crippen molar-refractivity contribution in [2.45, 2.75) is 6.42 Å². The Hall–Kier alpha value is -2.05. The zero-order chi connectivity index (χ0) is 12.8. The molecule has 2 rings (SSSR count). The zero-order valence-corrected chi connectivity index (χ0v) is 10.5. The molecule has 2 aromatic rings. The molecule has 0 aliphatic carbocycles. The van der Waals surface area contributed by atoms with Crippen molar-refractivity contribution in [3.63, 3.8) is 0 Å². The Labute approximate surface area is 111 Å². The molecule has 0 atom stereocenters.